The monoisotopic (exact) mass is 542 g/mol. The summed E-state index contributed by atoms with van der Waals surface area (Å²) >= 11 is 12.8. The van der Waals surface area contributed by atoms with Crippen LogP contribution in [0.3, 0.4) is 0 Å². The van der Waals surface area contributed by atoms with E-state index in [-0.39, 0.29) is 16.9 Å². The van der Waals surface area contributed by atoms with E-state index in [1.54, 1.807) is 24.3 Å². The topological polar surface area (TPSA) is 35.0 Å². The Hall–Kier alpha value is -1.46. The zero-order chi connectivity index (χ0) is 26.2. The number of alkyl halides is 2. The summed E-state index contributed by atoms with van der Waals surface area (Å²) < 4.78 is 34.0. The van der Waals surface area contributed by atoms with E-state index in [4.69, 9.17) is 27.9 Å². The highest BCUT2D eigenvalue weighted by Gasteiger charge is 2.16. The van der Waals surface area contributed by atoms with Gasteiger partial charge in [-0.3, -0.25) is 0 Å². The first kappa shape index (κ1) is 30.8. The molecule has 0 aliphatic carbocycles. The molecule has 0 aliphatic rings. The van der Waals surface area contributed by atoms with Gasteiger partial charge in [-0.25, -0.2) is 18.7 Å². The predicted octanol–water partition coefficient (Wildman–Crippen LogP) is 10.2. The Bertz CT molecular complexity index is 844. The number of aromatic nitrogens is 2. The number of hydrogen-bond acceptors (Lipinski definition) is 3. The van der Waals surface area contributed by atoms with Crippen molar-refractivity contribution in [2.75, 3.05) is 6.61 Å². The molecule has 0 amide bonds. The molecule has 0 unspecified atom stereocenters. The van der Waals surface area contributed by atoms with Crippen molar-refractivity contribution in [3.63, 3.8) is 0 Å². The maximum absolute atomic E-state index is 14.2. The number of hydrogen-bond donors (Lipinski definition) is 0. The van der Waals surface area contributed by atoms with Gasteiger partial charge in [0, 0.05) is 11.1 Å². The van der Waals surface area contributed by atoms with Gasteiger partial charge in [0.15, 0.2) is 5.82 Å². The summed E-state index contributed by atoms with van der Waals surface area (Å²) in [6, 6.07) is 7.12. The quantitative estimate of drug-likeness (QED) is 0.131. The SMILES string of the molecule is CCCCCCCC[C@@H](F)COc1ccc(-c2nc(Cl)c(CC[C@H](F)CCCCCC)c(Cl)n2)cc1. The standard InChI is InChI=1S/C29H42Cl2F2N2O/c1-3-5-7-9-10-12-14-24(33)21-36-25-18-15-22(16-19-25)29-34-27(30)26(28(31)35-29)20-17-23(32)13-11-8-6-4-2/h15-16,18-19,23-24H,3-14,17,20-21H2,1-2H3/t23-,24-/m1/s1. The van der Waals surface area contributed by atoms with E-state index in [2.05, 4.69) is 23.8 Å². The van der Waals surface area contributed by atoms with Crippen LogP contribution in [0.2, 0.25) is 10.3 Å². The zero-order valence-corrected chi connectivity index (χ0v) is 23.4. The van der Waals surface area contributed by atoms with Crippen LogP contribution in [0, 0.1) is 0 Å². The fourth-order valence-electron chi connectivity index (χ4n) is 4.12. The van der Waals surface area contributed by atoms with Crippen molar-refractivity contribution >= 4 is 23.2 Å². The van der Waals surface area contributed by atoms with Gasteiger partial charge >= 0.3 is 0 Å². The molecule has 1 heterocycles. The highest BCUT2D eigenvalue weighted by Crippen LogP contribution is 2.29. The summed E-state index contributed by atoms with van der Waals surface area (Å²) in [6.45, 7) is 4.38. The Morgan fingerprint density at radius 1 is 0.722 bits per heavy atom. The summed E-state index contributed by atoms with van der Waals surface area (Å²) in [5.74, 6) is 0.981. The summed E-state index contributed by atoms with van der Waals surface area (Å²) in [4.78, 5) is 8.76. The van der Waals surface area contributed by atoms with Crippen molar-refractivity contribution < 1.29 is 13.5 Å². The average Bonchev–Trinajstić information content (AvgIpc) is 2.87. The Labute approximate surface area is 226 Å². The summed E-state index contributed by atoms with van der Waals surface area (Å²) in [5.41, 5.74) is 1.30. The van der Waals surface area contributed by atoms with Gasteiger partial charge in [-0.2, -0.15) is 0 Å². The lowest BCUT2D eigenvalue weighted by atomic mass is 10.0. The average molecular weight is 544 g/mol. The van der Waals surface area contributed by atoms with Crippen molar-refractivity contribution in [1.29, 1.82) is 0 Å². The van der Waals surface area contributed by atoms with Gasteiger partial charge in [-0.05, 0) is 49.9 Å². The third-order valence-electron chi connectivity index (χ3n) is 6.40. The summed E-state index contributed by atoms with van der Waals surface area (Å²) in [6.07, 6.45) is 11.1. The molecule has 0 N–H and O–H groups in total. The molecule has 0 bridgehead atoms. The minimum Gasteiger partial charge on any atom is -0.491 e. The number of benzene rings is 1. The molecular weight excluding hydrogens is 501 g/mol. The summed E-state index contributed by atoms with van der Waals surface area (Å²) in [5, 5.41) is 0.497. The molecule has 2 aromatic rings. The van der Waals surface area contributed by atoms with Crippen LogP contribution >= 0.6 is 23.2 Å². The number of nitrogens with zero attached hydrogens (tertiary/aromatic N) is 2. The second-order valence-electron chi connectivity index (χ2n) is 9.58. The van der Waals surface area contributed by atoms with Gasteiger partial charge in [0.2, 0.25) is 0 Å². The number of unbranched alkanes of at least 4 members (excludes halogenated alkanes) is 8. The van der Waals surface area contributed by atoms with E-state index in [1.165, 1.54) is 25.7 Å². The maximum atomic E-state index is 14.2. The number of ether oxygens (including phenoxy) is 1. The third-order valence-corrected chi connectivity index (χ3v) is 7.02. The smallest absolute Gasteiger partial charge is 0.162 e. The second-order valence-corrected chi connectivity index (χ2v) is 10.3. The van der Waals surface area contributed by atoms with Crippen molar-refractivity contribution in [2.24, 2.45) is 0 Å². The molecule has 2 atom stereocenters. The van der Waals surface area contributed by atoms with E-state index in [0.29, 0.717) is 42.8 Å². The molecule has 0 saturated heterocycles. The van der Waals surface area contributed by atoms with Gasteiger partial charge in [0.25, 0.3) is 0 Å². The van der Waals surface area contributed by atoms with E-state index >= 15 is 0 Å². The first-order chi connectivity index (χ1) is 17.4. The number of halogens is 4. The Balaban J connectivity index is 1.81. The molecule has 0 spiro atoms. The largest absolute Gasteiger partial charge is 0.491 e. The van der Waals surface area contributed by atoms with Gasteiger partial charge in [0.1, 0.15) is 35.0 Å². The van der Waals surface area contributed by atoms with E-state index < -0.39 is 12.3 Å². The molecule has 0 radical (unpaired) electrons. The molecule has 1 aromatic carbocycles. The van der Waals surface area contributed by atoms with Crippen LogP contribution in [0.5, 0.6) is 5.75 Å². The van der Waals surface area contributed by atoms with Crippen molar-refractivity contribution in [3.8, 4) is 17.1 Å². The lowest BCUT2D eigenvalue weighted by Crippen LogP contribution is -2.12. The van der Waals surface area contributed by atoms with Crippen LogP contribution in [0.1, 0.15) is 103 Å². The lowest BCUT2D eigenvalue weighted by Gasteiger charge is -2.12. The van der Waals surface area contributed by atoms with Crippen LogP contribution in [-0.4, -0.2) is 28.9 Å². The molecule has 0 fully saturated rings. The minimum atomic E-state index is -0.968. The maximum Gasteiger partial charge on any atom is 0.162 e. The lowest BCUT2D eigenvalue weighted by molar-refractivity contribution is 0.184. The van der Waals surface area contributed by atoms with Crippen LogP contribution in [0.4, 0.5) is 8.78 Å². The van der Waals surface area contributed by atoms with E-state index in [1.807, 2.05) is 0 Å². The highest BCUT2D eigenvalue weighted by atomic mass is 35.5. The van der Waals surface area contributed by atoms with Crippen molar-refractivity contribution in [3.05, 3.63) is 40.1 Å². The normalized spacial score (nSPS) is 13.1. The van der Waals surface area contributed by atoms with Crippen LogP contribution < -0.4 is 4.74 Å². The second kappa shape index (κ2) is 17.9. The Morgan fingerprint density at radius 2 is 1.25 bits per heavy atom. The Kier molecular flexibility index (Phi) is 15.3. The molecular formula is C29H42Cl2F2N2O. The molecule has 3 nitrogen and oxygen atoms in total. The third kappa shape index (κ3) is 11.7. The van der Waals surface area contributed by atoms with E-state index in [9.17, 15) is 8.78 Å². The van der Waals surface area contributed by atoms with Gasteiger partial charge in [-0.15, -0.1) is 0 Å². The number of rotatable bonds is 19. The molecule has 0 saturated carbocycles. The molecule has 7 heteroatoms. The van der Waals surface area contributed by atoms with Crippen molar-refractivity contribution in [1.82, 2.24) is 9.97 Å². The highest BCUT2D eigenvalue weighted by molar-refractivity contribution is 6.34. The minimum absolute atomic E-state index is 0.0470. The summed E-state index contributed by atoms with van der Waals surface area (Å²) in [7, 11) is 0. The first-order valence-corrected chi connectivity index (χ1v) is 14.4. The van der Waals surface area contributed by atoms with Crippen LogP contribution in [0.15, 0.2) is 24.3 Å². The predicted molar refractivity (Wildman–Crippen MR) is 148 cm³/mol. The Morgan fingerprint density at radius 3 is 1.86 bits per heavy atom. The first-order valence-electron chi connectivity index (χ1n) is 13.7. The van der Waals surface area contributed by atoms with Gasteiger partial charge < -0.3 is 4.74 Å². The fraction of sp³-hybridized carbons (Fsp3) is 0.655. The molecule has 2 rings (SSSR count). The van der Waals surface area contributed by atoms with Gasteiger partial charge in [0.05, 0.1) is 0 Å². The molecule has 1 aromatic heterocycles. The van der Waals surface area contributed by atoms with Gasteiger partial charge in [-0.1, -0.05) is 101 Å². The van der Waals surface area contributed by atoms with Crippen LogP contribution in [0.25, 0.3) is 11.4 Å². The fourth-order valence-corrected chi connectivity index (χ4v) is 4.70. The van der Waals surface area contributed by atoms with Crippen molar-refractivity contribution in [2.45, 2.75) is 116 Å². The molecule has 36 heavy (non-hydrogen) atoms. The molecule has 0 aliphatic heterocycles. The van der Waals surface area contributed by atoms with E-state index in [0.717, 1.165) is 44.1 Å². The van der Waals surface area contributed by atoms with Crippen LogP contribution in [-0.2, 0) is 6.42 Å². The zero-order valence-electron chi connectivity index (χ0n) is 21.9. The molecule has 202 valence electrons.